The number of nitrogens with one attached hydrogen (secondary N) is 1. The van der Waals surface area contributed by atoms with E-state index in [1.54, 1.807) is 0 Å². The molecule has 0 spiro atoms. The first kappa shape index (κ1) is 16.4. The maximum Gasteiger partial charge on any atom is 0.104 e. The fraction of sp³-hybridized carbons (Fsp3) is 0.933. The minimum absolute atomic E-state index is 0.345. The summed E-state index contributed by atoms with van der Waals surface area (Å²) in [7, 11) is 2.19. The number of hydrogen-bond donors (Lipinski definition) is 1. The zero-order valence-electron chi connectivity index (χ0n) is 12.9. The lowest BCUT2D eigenvalue weighted by atomic mass is 9.96. The van der Waals surface area contributed by atoms with Crippen LogP contribution in [-0.4, -0.2) is 49.3 Å². The van der Waals surface area contributed by atoms with E-state index in [9.17, 15) is 5.26 Å². The highest BCUT2D eigenvalue weighted by Crippen LogP contribution is 2.16. The molecule has 19 heavy (non-hydrogen) atoms. The van der Waals surface area contributed by atoms with Crippen molar-refractivity contribution in [1.82, 2.24) is 10.2 Å². The summed E-state index contributed by atoms with van der Waals surface area (Å²) in [6, 6.07) is 3.41. The predicted molar refractivity (Wildman–Crippen MR) is 78.0 cm³/mol. The largest absolute Gasteiger partial charge is 0.381 e. The monoisotopic (exact) mass is 267 g/mol. The molecule has 0 radical (unpaired) electrons. The Kier molecular flexibility index (Phi) is 6.78. The smallest absolute Gasteiger partial charge is 0.104 e. The number of nitrogens with zero attached hydrogens (tertiary/aromatic N) is 2. The molecule has 0 amide bonds. The van der Waals surface area contributed by atoms with E-state index in [2.05, 4.69) is 37.2 Å². The summed E-state index contributed by atoms with van der Waals surface area (Å²) < 4.78 is 5.39. The van der Waals surface area contributed by atoms with Gasteiger partial charge in [-0.2, -0.15) is 5.26 Å². The van der Waals surface area contributed by atoms with E-state index >= 15 is 0 Å². The summed E-state index contributed by atoms with van der Waals surface area (Å²) in [6.07, 6.45) is 4.22. The van der Waals surface area contributed by atoms with Gasteiger partial charge in [-0.3, -0.25) is 5.32 Å². The third-order valence-electron chi connectivity index (χ3n) is 3.86. The molecule has 1 aliphatic heterocycles. The molecular weight excluding hydrogens is 238 g/mol. The second-order valence-corrected chi connectivity index (χ2v) is 6.17. The van der Waals surface area contributed by atoms with Crippen LogP contribution in [0.25, 0.3) is 0 Å². The van der Waals surface area contributed by atoms with Crippen molar-refractivity contribution in [1.29, 1.82) is 5.26 Å². The number of rotatable bonds is 7. The Morgan fingerprint density at radius 3 is 2.58 bits per heavy atom. The normalized spacial score (nSPS) is 20.5. The van der Waals surface area contributed by atoms with E-state index in [4.69, 9.17) is 4.74 Å². The van der Waals surface area contributed by atoms with Crippen LogP contribution in [0.15, 0.2) is 0 Å². The number of ether oxygens (including phenoxy) is 1. The molecule has 1 unspecified atom stereocenters. The van der Waals surface area contributed by atoms with Crippen molar-refractivity contribution in [2.45, 2.75) is 64.1 Å². The van der Waals surface area contributed by atoms with Crippen molar-refractivity contribution in [2.24, 2.45) is 0 Å². The van der Waals surface area contributed by atoms with Gasteiger partial charge in [-0.1, -0.05) is 0 Å². The lowest BCUT2D eigenvalue weighted by Crippen LogP contribution is -2.45. The molecule has 1 N–H and O–H groups in total. The predicted octanol–water partition coefficient (Wildman–Crippen LogP) is 2.16. The molecule has 0 aromatic heterocycles. The van der Waals surface area contributed by atoms with E-state index < -0.39 is 5.54 Å². The molecule has 4 heteroatoms. The van der Waals surface area contributed by atoms with Gasteiger partial charge in [0.25, 0.3) is 0 Å². The minimum Gasteiger partial charge on any atom is -0.381 e. The van der Waals surface area contributed by atoms with Gasteiger partial charge in [0, 0.05) is 25.3 Å². The summed E-state index contributed by atoms with van der Waals surface area (Å²) in [5.74, 6) is 0. The SMILES string of the molecule is CC(C)NC(C)(C#N)CCCN(C)C1CCOCC1. The first-order valence-electron chi connectivity index (χ1n) is 7.44. The molecule has 0 aromatic carbocycles. The average Bonchev–Trinajstić information content (AvgIpc) is 2.38. The second-order valence-electron chi connectivity index (χ2n) is 6.17. The van der Waals surface area contributed by atoms with E-state index in [0.717, 1.165) is 45.4 Å². The molecule has 1 saturated heterocycles. The first-order valence-corrected chi connectivity index (χ1v) is 7.44. The highest BCUT2D eigenvalue weighted by atomic mass is 16.5. The van der Waals surface area contributed by atoms with Gasteiger partial charge in [-0.05, 0) is 60.0 Å². The molecule has 0 aliphatic carbocycles. The third-order valence-corrected chi connectivity index (χ3v) is 3.86. The minimum atomic E-state index is -0.398. The number of nitriles is 1. The average molecular weight is 267 g/mol. The second kappa shape index (κ2) is 7.84. The van der Waals surface area contributed by atoms with E-state index in [1.165, 1.54) is 0 Å². The van der Waals surface area contributed by atoms with Gasteiger partial charge in [0.2, 0.25) is 0 Å². The summed E-state index contributed by atoms with van der Waals surface area (Å²) in [4.78, 5) is 2.43. The van der Waals surface area contributed by atoms with E-state index in [0.29, 0.717) is 12.1 Å². The lowest BCUT2D eigenvalue weighted by Gasteiger charge is -2.32. The summed E-state index contributed by atoms with van der Waals surface area (Å²) in [6.45, 7) is 9.01. The van der Waals surface area contributed by atoms with Crippen LogP contribution in [0.1, 0.15) is 46.5 Å². The molecule has 1 aliphatic rings. The molecule has 0 saturated carbocycles. The Balaban J connectivity index is 2.29. The molecule has 4 nitrogen and oxygen atoms in total. The van der Waals surface area contributed by atoms with Crippen molar-refractivity contribution in [3.63, 3.8) is 0 Å². The Labute approximate surface area is 118 Å². The Morgan fingerprint density at radius 2 is 2.05 bits per heavy atom. The van der Waals surface area contributed by atoms with Gasteiger partial charge in [0.15, 0.2) is 0 Å². The highest BCUT2D eigenvalue weighted by Gasteiger charge is 2.24. The van der Waals surface area contributed by atoms with Crippen molar-refractivity contribution in [2.75, 3.05) is 26.8 Å². The van der Waals surface area contributed by atoms with E-state index in [1.807, 2.05) is 6.92 Å². The van der Waals surface area contributed by atoms with Crippen LogP contribution < -0.4 is 5.32 Å². The summed E-state index contributed by atoms with van der Waals surface area (Å²) in [5, 5.41) is 12.7. The van der Waals surface area contributed by atoms with Gasteiger partial charge in [-0.25, -0.2) is 0 Å². The number of hydrogen-bond acceptors (Lipinski definition) is 4. The summed E-state index contributed by atoms with van der Waals surface area (Å²) >= 11 is 0. The van der Waals surface area contributed by atoms with Gasteiger partial charge in [0.1, 0.15) is 5.54 Å². The van der Waals surface area contributed by atoms with Crippen LogP contribution in [-0.2, 0) is 4.74 Å². The Morgan fingerprint density at radius 1 is 1.42 bits per heavy atom. The molecular formula is C15H29N3O. The van der Waals surface area contributed by atoms with Gasteiger partial charge in [0.05, 0.1) is 6.07 Å². The third kappa shape index (κ3) is 5.90. The molecule has 110 valence electrons. The molecule has 0 aromatic rings. The Bertz CT molecular complexity index is 294. The molecule has 1 rings (SSSR count). The zero-order chi connectivity index (χ0) is 14.3. The standard InChI is InChI=1S/C15H29N3O/c1-13(2)17-15(3,12-16)8-5-9-18(4)14-6-10-19-11-7-14/h13-14,17H,5-11H2,1-4H3. The van der Waals surface area contributed by atoms with Crippen LogP contribution in [0.3, 0.4) is 0 Å². The topological polar surface area (TPSA) is 48.3 Å². The van der Waals surface area contributed by atoms with Crippen LogP contribution in [0.4, 0.5) is 0 Å². The Hall–Kier alpha value is -0.630. The fourth-order valence-electron chi connectivity index (χ4n) is 2.79. The maximum absolute atomic E-state index is 9.31. The van der Waals surface area contributed by atoms with Crippen LogP contribution in [0, 0.1) is 11.3 Å². The van der Waals surface area contributed by atoms with Crippen LogP contribution in [0.2, 0.25) is 0 Å². The van der Waals surface area contributed by atoms with Crippen LogP contribution in [0.5, 0.6) is 0 Å². The molecule has 1 fully saturated rings. The van der Waals surface area contributed by atoms with Crippen LogP contribution >= 0.6 is 0 Å². The van der Waals surface area contributed by atoms with Gasteiger partial charge >= 0.3 is 0 Å². The molecule has 0 bridgehead atoms. The summed E-state index contributed by atoms with van der Waals surface area (Å²) in [5.41, 5.74) is -0.398. The van der Waals surface area contributed by atoms with Crippen molar-refractivity contribution in [3.05, 3.63) is 0 Å². The van der Waals surface area contributed by atoms with E-state index in [-0.39, 0.29) is 0 Å². The first-order chi connectivity index (χ1) is 8.97. The highest BCUT2D eigenvalue weighted by molar-refractivity contribution is 5.04. The van der Waals surface area contributed by atoms with Gasteiger partial charge in [-0.15, -0.1) is 0 Å². The van der Waals surface area contributed by atoms with Gasteiger partial charge < -0.3 is 9.64 Å². The molecule has 1 heterocycles. The zero-order valence-corrected chi connectivity index (χ0v) is 12.9. The van der Waals surface area contributed by atoms with Crippen molar-refractivity contribution >= 4 is 0 Å². The maximum atomic E-state index is 9.31. The van der Waals surface area contributed by atoms with Crippen molar-refractivity contribution < 1.29 is 4.74 Å². The fourth-order valence-corrected chi connectivity index (χ4v) is 2.79. The van der Waals surface area contributed by atoms with Crippen molar-refractivity contribution in [3.8, 4) is 6.07 Å². The quantitative estimate of drug-likeness (QED) is 0.768. The molecule has 1 atom stereocenters. The lowest BCUT2D eigenvalue weighted by molar-refractivity contribution is 0.0422.